The molecule has 2 aromatic carbocycles. The third-order valence-electron chi connectivity index (χ3n) is 4.42. The molecule has 0 saturated carbocycles. The highest BCUT2D eigenvalue weighted by Crippen LogP contribution is 2.26. The number of amides is 1. The largest absolute Gasteiger partial charge is 0.488 e. The lowest BCUT2D eigenvalue weighted by atomic mass is 10.1. The second-order valence-electron chi connectivity index (χ2n) is 6.81. The Morgan fingerprint density at radius 2 is 1.68 bits per heavy atom. The van der Waals surface area contributed by atoms with Crippen molar-refractivity contribution < 1.29 is 29.3 Å². The zero-order valence-electron chi connectivity index (χ0n) is 17.2. The van der Waals surface area contributed by atoms with Gasteiger partial charge in [0.05, 0.1) is 12.1 Å². The van der Waals surface area contributed by atoms with Crippen molar-refractivity contribution in [2.75, 3.05) is 20.1 Å². The molecule has 0 radical (unpaired) electrons. The fourth-order valence-corrected chi connectivity index (χ4v) is 3.00. The number of hydrogen-bond acceptors (Lipinski definition) is 5. The molecule has 0 aromatic heterocycles. The van der Waals surface area contributed by atoms with Crippen LogP contribution in [0.3, 0.4) is 0 Å². The number of nitrogens with zero attached hydrogens (tertiary/aromatic N) is 1. The Balaban J connectivity index is 0.000000366. The second kappa shape index (κ2) is 12.1. The quantitative estimate of drug-likeness (QED) is 0.582. The number of benzene rings is 2. The first-order valence-corrected chi connectivity index (χ1v) is 9.78. The number of carboxylic acid groups (broad SMARTS) is 2. The normalized spacial score (nSPS) is 15.3. The molecule has 3 rings (SSSR count). The maximum atomic E-state index is 12.9. The van der Waals surface area contributed by atoms with Crippen molar-refractivity contribution >= 4 is 17.8 Å². The van der Waals surface area contributed by atoms with Crippen LogP contribution in [0.15, 0.2) is 66.7 Å². The van der Waals surface area contributed by atoms with Crippen LogP contribution in [-0.4, -0.2) is 59.2 Å². The molecule has 1 heterocycles. The highest BCUT2D eigenvalue weighted by atomic mass is 16.5. The van der Waals surface area contributed by atoms with E-state index in [2.05, 4.69) is 5.32 Å². The van der Waals surface area contributed by atoms with E-state index in [0.29, 0.717) is 36.6 Å². The molecule has 1 amide bonds. The van der Waals surface area contributed by atoms with Gasteiger partial charge in [-0.3, -0.25) is 4.79 Å². The molecule has 0 spiro atoms. The van der Waals surface area contributed by atoms with E-state index in [1.807, 2.05) is 66.5 Å². The molecule has 0 saturated heterocycles. The molecule has 8 nitrogen and oxygen atoms in total. The van der Waals surface area contributed by atoms with Crippen LogP contribution in [-0.2, 0) is 16.1 Å². The number of para-hydroxylation sites is 1. The molecular formula is C23H26N2O6. The lowest BCUT2D eigenvalue weighted by Gasteiger charge is -2.24. The molecule has 1 aliphatic heterocycles. The van der Waals surface area contributed by atoms with Gasteiger partial charge < -0.3 is 25.2 Å². The maximum Gasteiger partial charge on any atom is 0.328 e. The van der Waals surface area contributed by atoms with Crippen molar-refractivity contribution in [3.63, 3.8) is 0 Å². The summed E-state index contributed by atoms with van der Waals surface area (Å²) in [5, 5.41) is 18.8. The van der Waals surface area contributed by atoms with Gasteiger partial charge in [-0.15, -0.1) is 0 Å². The summed E-state index contributed by atoms with van der Waals surface area (Å²) in [6, 6.07) is 17.6. The van der Waals surface area contributed by atoms with Gasteiger partial charge in [0, 0.05) is 18.7 Å². The van der Waals surface area contributed by atoms with Crippen molar-refractivity contribution in [2.45, 2.75) is 19.1 Å². The van der Waals surface area contributed by atoms with Crippen LogP contribution in [0.2, 0.25) is 0 Å². The van der Waals surface area contributed by atoms with E-state index in [4.69, 9.17) is 14.9 Å². The average Bonchev–Trinajstić information content (AvgIpc) is 2.89. The van der Waals surface area contributed by atoms with E-state index in [0.717, 1.165) is 18.5 Å². The molecule has 8 heteroatoms. The molecule has 31 heavy (non-hydrogen) atoms. The fourth-order valence-electron chi connectivity index (χ4n) is 3.00. The Bertz CT molecular complexity index is 897. The summed E-state index contributed by atoms with van der Waals surface area (Å²) in [5.74, 6) is -1.79. The first-order valence-electron chi connectivity index (χ1n) is 9.78. The summed E-state index contributed by atoms with van der Waals surface area (Å²) < 4.78 is 6.09. The lowest BCUT2D eigenvalue weighted by Crippen LogP contribution is -2.37. The molecule has 3 N–H and O–H groups in total. The molecular weight excluding hydrogens is 400 g/mol. The standard InChI is InChI=1S/C19H22N2O2.C4H4O4/c1-20-12-11-16-14-21(13-15-7-3-2-4-8-15)19(22)17-9-5-6-10-18(17)23-16;5-3(6)1-2-4(7)8/h2-10,16,20H,11-14H2,1H3;1-2H,(H,5,6)(H,7,8). The number of rotatable bonds is 7. The Labute approximate surface area is 180 Å². The van der Waals surface area contributed by atoms with Gasteiger partial charge in [0.15, 0.2) is 0 Å². The van der Waals surface area contributed by atoms with Gasteiger partial charge in [0.1, 0.15) is 11.9 Å². The zero-order chi connectivity index (χ0) is 22.6. The molecule has 0 fully saturated rings. The van der Waals surface area contributed by atoms with Gasteiger partial charge in [-0.2, -0.15) is 0 Å². The third kappa shape index (κ3) is 7.94. The summed E-state index contributed by atoms with van der Waals surface area (Å²) in [5.41, 5.74) is 1.78. The van der Waals surface area contributed by atoms with Crippen molar-refractivity contribution in [2.24, 2.45) is 0 Å². The van der Waals surface area contributed by atoms with E-state index in [1.54, 1.807) is 0 Å². The summed E-state index contributed by atoms with van der Waals surface area (Å²) in [6.07, 6.45) is 1.98. The Morgan fingerprint density at radius 3 is 2.29 bits per heavy atom. The highest BCUT2D eigenvalue weighted by molar-refractivity contribution is 5.97. The predicted octanol–water partition coefficient (Wildman–Crippen LogP) is 2.41. The lowest BCUT2D eigenvalue weighted by molar-refractivity contribution is -0.134. The van der Waals surface area contributed by atoms with E-state index in [-0.39, 0.29) is 12.0 Å². The Morgan fingerprint density at radius 1 is 1.06 bits per heavy atom. The van der Waals surface area contributed by atoms with Crippen LogP contribution < -0.4 is 10.1 Å². The molecule has 164 valence electrons. The van der Waals surface area contributed by atoms with Crippen LogP contribution in [0.1, 0.15) is 22.3 Å². The van der Waals surface area contributed by atoms with Crippen molar-refractivity contribution in [3.05, 3.63) is 77.9 Å². The number of carbonyl (C=O) groups excluding carboxylic acids is 1. The SMILES string of the molecule is CNCCC1CN(Cc2ccccc2)C(=O)c2ccccc2O1.O=C(O)C=CC(=O)O. The van der Waals surface area contributed by atoms with Crippen molar-refractivity contribution in [1.29, 1.82) is 0 Å². The average molecular weight is 426 g/mol. The number of carboxylic acids is 2. The summed E-state index contributed by atoms with van der Waals surface area (Å²) in [4.78, 5) is 33.9. The monoisotopic (exact) mass is 426 g/mol. The Hall–Kier alpha value is -3.65. The summed E-state index contributed by atoms with van der Waals surface area (Å²) in [6.45, 7) is 2.07. The van der Waals surface area contributed by atoms with E-state index in [1.165, 1.54) is 0 Å². The number of aliphatic carboxylic acids is 2. The van der Waals surface area contributed by atoms with Gasteiger partial charge in [-0.1, -0.05) is 42.5 Å². The van der Waals surface area contributed by atoms with Gasteiger partial charge >= 0.3 is 11.9 Å². The molecule has 2 aromatic rings. The Kier molecular flexibility index (Phi) is 9.25. The molecule has 1 unspecified atom stereocenters. The molecule has 0 bridgehead atoms. The first-order chi connectivity index (χ1) is 14.9. The molecule has 0 aliphatic carbocycles. The highest BCUT2D eigenvalue weighted by Gasteiger charge is 2.28. The van der Waals surface area contributed by atoms with E-state index in [9.17, 15) is 14.4 Å². The number of fused-ring (bicyclic) bond motifs is 1. The minimum Gasteiger partial charge on any atom is -0.488 e. The first kappa shape index (κ1) is 23.6. The smallest absolute Gasteiger partial charge is 0.328 e. The molecule has 1 aliphatic rings. The van der Waals surface area contributed by atoms with Gasteiger partial charge in [-0.05, 0) is 37.7 Å². The van der Waals surface area contributed by atoms with Gasteiger partial charge in [0.2, 0.25) is 0 Å². The van der Waals surface area contributed by atoms with E-state index >= 15 is 0 Å². The molecule has 1 atom stereocenters. The van der Waals surface area contributed by atoms with Crippen LogP contribution in [0.5, 0.6) is 5.75 Å². The van der Waals surface area contributed by atoms with Crippen LogP contribution in [0.4, 0.5) is 0 Å². The number of hydrogen-bond donors (Lipinski definition) is 3. The summed E-state index contributed by atoms with van der Waals surface area (Å²) in [7, 11) is 1.93. The summed E-state index contributed by atoms with van der Waals surface area (Å²) >= 11 is 0. The number of nitrogens with one attached hydrogen (secondary N) is 1. The fraction of sp³-hybridized carbons (Fsp3) is 0.261. The van der Waals surface area contributed by atoms with Crippen LogP contribution in [0.25, 0.3) is 0 Å². The number of carbonyl (C=O) groups is 3. The zero-order valence-corrected chi connectivity index (χ0v) is 17.2. The van der Waals surface area contributed by atoms with Crippen LogP contribution in [0, 0.1) is 0 Å². The van der Waals surface area contributed by atoms with Gasteiger partial charge in [0.25, 0.3) is 5.91 Å². The van der Waals surface area contributed by atoms with Crippen LogP contribution >= 0.6 is 0 Å². The third-order valence-corrected chi connectivity index (χ3v) is 4.42. The minimum atomic E-state index is -1.26. The van der Waals surface area contributed by atoms with Crippen molar-refractivity contribution in [1.82, 2.24) is 10.2 Å². The van der Waals surface area contributed by atoms with Gasteiger partial charge in [-0.25, -0.2) is 9.59 Å². The van der Waals surface area contributed by atoms with Crippen molar-refractivity contribution in [3.8, 4) is 5.75 Å². The van der Waals surface area contributed by atoms with E-state index < -0.39 is 11.9 Å². The second-order valence-corrected chi connectivity index (χ2v) is 6.81. The number of ether oxygens (including phenoxy) is 1. The predicted molar refractivity (Wildman–Crippen MR) is 115 cm³/mol. The topological polar surface area (TPSA) is 116 Å². The maximum absolute atomic E-state index is 12.9. The minimum absolute atomic E-state index is 0.00115.